The summed E-state index contributed by atoms with van der Waals surface area (Å²) < 4.78 is 9.91. The molecular formula is C10H18O3. The molecule has 3 nitrogen and oxygen atoms in total. The Morgan fingerprint density at radius 2 is 2.08 bits per heavy atom. The fraction of sp³-hybridized carbons (Fsp3) is 0.700. The van der Waals surface area contributed by atoms with Crippen molar-refractivity contribution in [2.24, 2.45) is 0 Å². The zero-order valence-electron chi connectivity index (χ0n) is 8.79. The molecule has 0 amide bonds. The molecule has 76 valence electrons. The van der Waals surface area contributed by atoms with Crippen molar-refractivity contribution in [3.05, 3.63) is 12.2 Å². The first-order valence-corrected chi connectivity index (χ1v) is 4.40. The number of rotatable bonds is 5. The summed E-state index contributed by atoms with van der Waals surface area (Å²) in [4.78, 5) is 10.6. The van der Waals surface area contributed by atoms with Gasteiger partial charge in [-0.25, -0.2) is 4.79 Å². The molecule has 0 aliphatic heterocycles. The lowest BCUT2D eigenvalue weighted by Gasteiger charge is -2.22. The maximum atomic E-state index is 10.6. The quantitative estimate of drug-likeness (QED) is 0.486. The first-order chi connectivity index (χ1) is 6.02. The highest BCUT2D eigenvalue weighted by atomic mass is 16.5. The summed E-state index contributed by atoms with van der Waals surface area (Å²) >= 11 is 0. The van der Waals surface area contributed by atoms with Crippen LogP contribution in [0.15, 0.2) is 12.2 Å². The normalized spacial score (nSPS) is 12.0. The molecule has 0 rings (SSSR count). The molecular weight excluding hydrogens is 168 g/mol. The molecule has 0 bridgehead atoms. The Morgan fingerprint density at radius 3 is 2.54 bits per heavy atom. The fourth-order valence-corrected chi connectivity index (χ4v) is 0.588. The van der Waals surface area contributed by atoms with E-state index in [2.05, 4.69) is 11.7 Å². The predicted octanol–water partition coefficient (Wildman–Crippen LogP) is 1.92. The largest absolute Gasteiger partial charge is 0.466 e. The van der Waals surface area contributed by atoms with Crippen LogP contribution in [0.3, 0.4) is 0 Å². The van der Waals surface area contributed by atoms with Crippen LogP contribution in [-0.2, 0) is 14.3 Å². The Bertz CT molecular complexity index is 183. The second kappa shape index (κ2) is 5.75. The molecule has 0 heterocycles. The fourth-order valence-electron chi connectivity index (χ4n) is 0.588. The molecule has 0 aromatic carbocycles. The van der Waals surface area contributed by atoms with Gasteiger partial charge in [-0.3, -0.25) is 0 Å². The topological polar surface area (TPSA) is 35.5 Å². The molecule has 0 aromatic rings. The van der Waals surface area contributed by atoms with Gasteiger partial charge in [0.05, 0.1) is 19.3 Å². The molecule has 0 fully saturated rings. The van der Waals surface area contributed by atoms with Gasteiger partial charge < -0.3 is 9.47 Å². The summed E-state index contributed by atoms with van der Waals surface area (Å²) in [6.07, 6.45) is 3.97. The van der Waals surface area contributed by atoms with Gasteiger partial charge in [0.25, 0.3) is 0 Å². The third kappa shape index (κ3) is 6.34. The first-order valence-electron chi connectivity index (χ1n) is 4.40. The maximum absolute atomic E-state index is 10.6. The van der Waals surface area contributed by atoms with E-state index in [-0.39, 0.29) is 11.6 Å². The lowest BCUT2D eigenvalue weighted by atomic mass is 10.1. The minimum Gasteiger partial charge on any atom is -0.466 e. The van der Waals surface area contributed by atoms with Gasteiger partial charge in [0.1, 0.15) is 0 Å². The van der Waals surface area contributed by atoms with E-state index in [0.29, 0.717) is 6.61 Å². The van der Waals surface area contributed by atoms with E-state index >= 15 is 0 Å². The Morgan fingerprint density at radius 1 is 1.46 bits per heavy atom. The van der Waals surface area contributed by atoms with Crippen molar-refractivity contribution in [3.63, 3.8) is 0 Å². The Kier molecular flexibility index (Phi) is 5.39. The number of carbonyl (C=O) groups is 1. The summed E-state index contributed by atoms with van der Waals surface area (Å²) in [6, 6.07) is 0. The van der Waals surface area contributed by atoms with E-state index in [1.54, 1.807) is 6.08 Å². The Balaban J connectivity index is 3.67. The summed E-state index contributed by atoms with van der Waals surface area (Å²) in [5.41, 5.74) is -0.125. The Labute approximate surface area is 79.7 Å². The van der Waals surface area contributed by atoms with Crippen molar-refractivity contribution in [1.29, 1.82) is 0 Å². The third-order valence-corrected chi connectivity index (χ3v) is 1.88. The van der Waals surface area contributed by atoms with Crippen LogP contribution in [0.2, 0.25) is 0 Å². The molecule has 0 aliphatic carbocycles. The van der Waals surface area contributed by atoms with Gasteiger partial charge in [0.2, 0.25) is 0 Å². The highest BCUT2D eigenvalue weighted by Crippen LogP contribution is 2.12. The van der Waals surface area contributed by atoms with Crippen molar-refractivity contribution in [3.8, 4) is 0 Å². The van der Waals surface area contributed by atoms with E-state index in [9.17, 15) is 4.79 Å². The number of carbonyl (C=O) groups excluding carboxylic acids is 1. The molecule has 0 radical (unpaired) electrons. The summed E-state index contributed by atoms with van der Waals surface area (Å²) in [5, 5.41) is 0. The van der Waals surface area contributed by atoms with Gasteiger partial charge in [-0.1, -0.05) is 13.0 Å². The second-order valence-corrected chi connectivity index (χ2v) is 3.35. The van der Waals surface area contributed by atoms with Crippen LogP contribution < -0.4 is 0 Å². The van der Waals surface area contributed by atoms with E-state index in [0.717, 1.165) is 6.42 Å². The molecule has 0 aliphatic rings. The molecule has 0 spiro atoms. The van der Waals surface area contributed by atoms with Crippen molar-refractivity contribution in [1.82, 2.24) is 0 Å². The number of hydrogen-bond acceptors (Lipinski definition) is 3. The number of esters is 1. The van der Waals surface area contributed by atoms with Crippen LogP contribution >= 0.6 is 0 Å². The standard InChI is InChI=1S/C10H18O3/c1-5-10(2,3)13-8-6-7-9(11)12-4/h6-7H,5,8H2,1-4H3/b7-6+. The summed E-state index contributed by atoms with van der Waals surface area (Å²) in [6.45, 7) is 6.53. The number of hydrogen-bond donors (Lipinski definition) is 0. The van der Waals surface area contributed by atoms with Crippen LogP contribution in [0.1, 0.15) is 27.2 Å². The molecule has 0 N–H and O–H groups in total. The van der Waals surface area contributed by atoms with E-state index in [1.807, 2.05) is 13.8 Å². The molecule has 0 aromatic heterocycles. The lowest BCUT2D eigenvalue weighted by Crippen LogP contribution is -2.22. The van der Waals surface area contributed by atoms with Gasteiger partial charge in [-0.05, 0) is 20.3 Å². The van der Waals surface area contributed by atoms with Gasteiger partial charge in [-0.15, -0.1) is 0 Å². The zero-order chi connectivity index (χ0) is 10.3. The first kappa shape index (κ1) is 12.2. The molecule has 13 heavy (non-hydrogen) atoms. The highest BCUT2D eigenvalue weighted by Gasteiger charge is 2.13. The smallest absolute Gasteiger partial charge is 0.330 e. The third-order valence-electron chi connectivity index (χ3n) is 1.88. The van der Waals surface area contributed by atoms with Crippen LogP contribution in [-0.4, -0.2) is 25.3 Å². The molecule has 0 saturated heterocycles. The van der Waals surface area contributed by atoms with E-state index < -0.39 is 0 Å². The average Bonchev–Trinajstić information content (AvgIpc) is 2.12. The SMILES string of the molecule is CCC(C)(C)OC/C=C/C(=O)OC. The lowest BCUT2D eigenvalue weighted by molar-refractivity contribution is -0.134. The average molecular weight is 186 g/mol. The van der Waals surface area contributed by atoms with Gasteiger partial charge in [0, 0.05) is 6.08 Å². The van der Waals surface area contributed by atoms with Crippen molar-refractivity contribution >= 4 is 5.97 Å². The monoisotopic (exact) mass is 186 g/mol. The molecule has 0 atom stereocenters. The van der Waals surface area contributed by atoms with E-state index in [4.69, 9.17) is 4.74 Å². The number of ether oxygens (including phenoxy) is 2. The summed E-state index contributed by atoms with van der Waals surface area (Å²) in [5.74, 6) is -0.349. The summed E-state index contributed by atoms with van der Waals surface area (Å²) in [7, 11) is 1.35. The highest BCUT2D eigenvalue weighted by molar-refractivity contribution is 5.81. The van der Waals surface area contributed by atoms with Gasteiger partial charge in [-0.2, -0.15) is 0 Å². The van der Waals surface area contributed by atoms with E-state index in [1.165, 1.54) is 13.2 Å². The minimum absolute atomic E-state index is 0.125. The zero-order valence-corrected chi connectivity index (χ0v) is 8.79. The molecule has 3 heteroatoms. The molecule has 0 unspecified atom stereocenters. The van der Waals surface area contributed by atoms with Crippen LogP contribution in [0.25, 0.3) is 0 Å². The Hall–Kier alpha value is -0.830. The van der Waals surface area contributed by atoms with Crippen molar-refractivity contribution in [2.45, 2.75) is 32.8 Å². The van der Waals surface area contributed by atoms with Gasteiger partial charge in [0.15, 0.2) is 0 Å². The van der Waals surface area contributed by atoms with Crippen LogP contribution in [0.5, 0.6) is 0 Å². The number of methoxy groups -OCH3 is 1. The van der Waals surface area contributed by atoms with Crippen molar-refractivity contribution < 1.29 is 14.3 Å². The van der Waals surface area contributed by atoms with Crippen LogP contribution in [0, 0.1) is 0 Å². The second-order valence-electron chi connectivity index (χ2n) is 3.35. The molecule has 0 saturated carbocycles. The van der Waals surface area contributed by atoms with Gasteiger partial charge >= 0.3 is 5.97 Å². The minimum atomic E-state index is -0.349. The van der Waals surface area contributed by atoms with Crippen LogP contribution in [0.4, 0.5) is 0 Å². The predicted molar refractivity (Wildman–Crippen MR) is 51.5 cm³/mol. The van der Waals surface area contributed by atoms with Crippen molar-refractivity contribution in [2.75, 3.05) is 13.7 Å². The maximum Gasteiger partial charge on any atom is 0.330 e.